The standard InChI is InChI=1S/C30H52O/c1-20(2)10-9-11-21(3)22-14-18-29(7)23(22)12-13-25-28(6)17-16-26(31)27(4,5)24(28)15-19-30(25,29)8/h10,21-26,31H,9,11-19H2,1-8H3/t21-,22-,23-,24+,25-,26+,28+,29-,30-/m1/s1. The van der Waals surface area contributed by atoms with Crippen molar-refractivity contribution in [3.8, 4) is 0 Å². The van der Waals surface area contributed by atoms with Crippen molar-refractivity contribution in [2.24, 2.45) is 51.2 Å². The van der Waals surface area contributed by atoms with Crippen LogP contribution in [0.1, 0.15) is 120 Å². The van der Waals surface area contributed by atoms with Gasteiger partial charge in [0.05, 0.1) is 6.10 Å². The summed E-state index contributed by atoms with van der Waals surface area (Å²) in [5.74, 6) is 4.24. The van der Waals surface area contributed by atoms with Crippen LogP contribution in [0, 0.1) is 51.2 Å². The molecule has 4 rings (SSSR count). The van der Waals surface area contributed by atoms with Gasteiger partial charge in [0.2, 0.25) is 0 Å². The van der Waals surface area contributed by atoms with Crippen LogP contribution in [-0.2, 0) is 0 Å². The first-order valence-electron chi connectivity index (χ1n) is 13.7. The Morgan fingerprint density at radius 2 is 1.55 bits per heavy atom. The van der Waals surface area contributed by atoms with E-state index in [0.717, 1.165) is 30.1 Å². The Labute approximate surface area is 193 Å². The van der Waals surface area contributed by atoms with Crippen molar-refractivity contribution in [1.29, 1.82) is 0 Å². The minimum absolute atomic E-state index is 0.0731. The Morgan fingerprint density at radius 3 is 2.23 bits per heavy atom. The fraction of sp³-hybridized carbons (Fsp3) is 0.933. The quantitative estimate of drug-likeness (QED) is 0.445. The van der Waals surface area contributed by atoms with Crippen molar-refractivity contribution < 1.29 is 5.11 Å². The van der Waals surface area contributed by atoms with E-state index in [1.165, 1.54) is 63.4 Å². The largest absolute Gasteiger partial charge is 0.393 e. The van der Waals surface area contributed by atoms with Gasteiger partial charge in [-0.15, -0.1) is 0 Å². The summed E-state index contributed by atoms with van der Waals surface area (Å²) >= 11 is 0. The molecule has 0 aromatic rings. The van der Waals surface area contributed by atoms with Crippen molar-refractivity contribution in [1.82, 2.24) is 0 Å². The van der Waals surface area contributed by atoms with Crippen molar-refractivity contribution in [3.05, 3.63) is 11.6 Å². The number of aliphatic hydroxyl groups is 1. The number of hydrogen-bond acceptors (Lipinski definition) is 1. The molecule has 1 heteroatoms. The molecule has 4 saturated carbocycles. The lowest BCUT2D eigenvalue weighted by Crippen LogP contribution is -2.63. The second kappa shape index (κ2) is 7.89. The molecular formula is C30H52O. The number of rotatable bonds is 4. The number of aliphatic hydroxyl groups excluding tert-OH is 1. The van der Waals surface area contributed by atoms with Gasteiger partial charge < -0.3 is 5.11 Å². The van der Waals surface area contributed by atoms with Crippen LogP contribution in [0.15, 0.2) is 11.6 Å². The molecule has 0 aromatic carbocycles. The fourth-order valence-electron chi connectivity index (χ4n) is 10.3. The van der Waals surface area contributed by atoms with Crippen LogP contribution in [0.2, 0.25) is 0 Å². The molecule has 0 heterocycles. The molecule has 0 radical (unpaired) electrons. The second-order valence-corrected chi connectivity index (χ2v) is 14.1. The molecule has 0 spiro atoms. The lowest BCUT2D eigenvalue weighted by Gasteiger charge is -2.70. The Morgan fingerprint density at radius 1 is 0.871 bits per heavy atom. The molecule has 31 heavy (non-hydrogen) atoms. The zero-order valence-electron chi connectivity index (χ0n) is 22.1. The zero-order chi connectivity index (χ0) is 22.8. The third kappa shape index (κ3) is 3.41. The van der Waals surface area contributed by atoms with Gasteiger partial charge in [0.1, 0.15) is 0 Å². The van der Waals surface area contributed by atoms with Gasteiger partial charge in [0.25, 0.3) is 0 Å². The SMILES string of the molecule is CC(C)=CCC[C@@H](C)[C@H]1CC[C@]2(C)[C@@H]1CC[C@@H]1[C@@]3(C)CC[C@H](O)C(C)(C)[C@@H]3CC[C@]12C. The first-order valence-corrected chi connectivity index (χ1v) is 13.7. The average Bonchev–Trinajstić information content (AvgIpc) is 3.03. The molecule has 1 N–H and O–H groups in total. The minimum atomic E-state index is -0.112. The number of fused-ring (bicyclic) bond motifs is 5. The summed E-state index contributed by atoms with van der Waals surface area (Å²) in [4.78, 5) is 0. The second-order valence-electron chi connectivity index (χ2n) is 14.1. The molecule has 1 nitrogen and oxygen atoms in total. The van der Waals surface area contributed by atoms with Crippen molar-refractivity contribution in [2.45, 2.75) is 126 Å². The van der Waals surface area contributed by atoms with Crippen LogP contribution >= 0.6 is 0 Å². The Bertz CT molecular complexity index is 701. The third-order valence-electron chi connectivity index (χ3n) is 12.3. The lowest BCUT2D eigenvalue weighted by molar-refractivity contribution is -0.222. The van der Waals surface area contributed by atoms with Gasteiger partial charge in [0.15, 0.2) is 0 Å². The topological polar surface area (TPSA) is 20.2 Å². The van der Waals surface area contributed by atoms with E-state index in [2.05, 4.69) is 61.5 Å². The van der Waals surface area contributed by atoms with E-state index >= 15 is 0 Å². The Kier molecular flexibility index (Phi) is 6.07. The maximum absolute atomic E-state index is 10.8. The van der Waals surface area contributed by atoms with Crippen LogP contribution in [0.25, 0.3) is 0 Å². The normalized spacial score (nSPS) is 49.5. The highest BCUT2D eigenvalue weighted by atomic mass is 16.3. The maximum atomic E-state index is 10.8. The van der Waals surface area contributed by atoms with E-state index < -0.39 is 0 Å². The molecule has 0 saturated heterocycles. The maximum Gasteiger partial charge on any atom is 0.0594 e. The molecule has 0 aromatic heterocycles. The van der Waals surface area contributed by atoms with Gasteiger partial charge in [-0.25, -0.2) is 0 Å². The Balaban J connectivity index is 1.58. The van der Waals surface area contributed by atoms with Crippen LogP contribution in [0.3, 0.4) is 0 Å². The van der Waals surface area contributed by atoms with E-state index in [0.29, 0.717) is 22.2 Å². The summed E-state index contributed by atoms with van der Waals surface area (Å²) in [6.07, 6.45) is 15.8. The number of hydrogen-bond donors (Lipinski definition) is 1. The highest BCUT2D eigenvalue weighted by Gasteiger charge is 2.68. The monoisotopic (exact) mass is 428 g/mol. The molecule has 4 aliphatic rings. The molecule has 0 bridgehead atoms. The smallest absolute Gasteiger partial charge is 0.0594 e. The van der Waals surface area contributed by atoms with Crippen molar-refractivity contribution >= 4 is 0 Å². The third-order valence-corrected chi connectivity index (χ3v) is 12.3. The first-order chi connectivity index (χ1) is 14.4. The van der Waals surface area contributed by atoms with E-state index in [1.807, 2.05) is 0 Å². The van der Waals surface area contributed by atoms with E-state index in [4.69, 9.17) is 0 Å². The van der Waals surface area contributed by atoms with Gasteiger partial charge >= 0.3 is 0 Å². The van der Waals surface area contributed by atoms with Crippen molar-refractivity contribution in [3.63, 3.8) is 0 Å². The van der Waals surface area contributed by atoms with E-state index in [1.54, 1.807) is 0 Å². The average molecular weight is 429 g/mol. The van der Waals surface area contributed by atoms with E-state index in [9.17, 15) is 5.11 Å². The summed E-state index contributed by atoms with van der Waals surface area (Å²) in [5, 5.41) is 10.8. The van der Waals surface area contributed by atoms with Gasteiger partial charge in [-0.1, -0.05) is 53.2 Å². The molecule has 0 unspecified atom stereocenters. The predicted molar refractivity (Wildman–Crippen MR) is 133 cm³/mol. The van der Waals surface area contributed by atoms with Gasteiger partial charge in [-0.2, -0.15) is 0 Å². The molecule has 4 aliphatic carbocycles. The summed E-state index contributed by atoms with van der Waals surface area (Å²) in [7, 11) is 0. The van der Waals surface area contributed by atoms with E-state index in [-0.39, 0.29) is 11.5 Å². The van der Waals surface area contributed by atoms with Crippen LogP contribution in [0.4, 0.5) is 0 Å². The van der Waals surface area contributed by atoms with Gasteiger partial charge in [-0.3, -0.25) is 0 Å². The molecule has 9 atom stereocenters. The van der Waals surface area contributed by atoms with Crippen molar-refractivity contribution in [2.75, 3.05) is 0 Å². The lowest BCUT2D eigenvalue weighted by atomic mass is 9.35. The molecule has 0 aliphatic heterocycles. The summed E-state index contributed by atoms with van der Waals surface area (Å²) in [6.45, 7) is 19.9. The van der Waals surface area contributed by atoms with Gasteiger partial charge in [-0.05, 0) is 129 Å². The fourth-order valence-corrected chi connectivity index (χ4v) is 10.3. The minimum Gasteiger partial charge on any atom is -0.393 e. The van der Waals surface area contributed by atoms with Crippen LogP contribution < -0.4 is 0 Å². The summed E-state index contributed by atoms with van der Waals surface area (Å²) < 4.78 is 0. The van der Waals surface area contributed by atoms with Crippen LogP contribution in [-0.4, -0.2) is 11.2 Å². The summed E-state index contributed by atoms with van der Waals surface area (Å²) in [6, 6.07) is 0. The molecule has 178 valence electrons. The summed E-state index contributed by atoms with van der Waals surface area (Å²) in [5.41, 5.74) is 2.95. The predicted octanol–water partition coefficient (Wildman–Crippen LogP) is 8.41. The molecular weight excluding hydrogens is 376 g/mol. The van der Waals surface area contributed by atoms with Crippen LogP contribution in [0.5, 0.6) is 0 Å². The zero-order valence-corrected chi connectivity index (χ0v) is 22.1. The number of allylic oxidation sites excluding steroid dienone is 2. The highest BCUT2D eigenvalue weighted by Crippen LogP contribution is 2.75. The Hall–Kier alpha value is -0.300. The van der Waals surface area contributed by atoms with Gasteiger partial charge in [0, 0.05) is 0 Å². The first kappa shape index (κ1) is 23.8. The highest BCUT2D eigenvalue weighted by molar-refractivity contribution is 5.17. The molecule has 0 amide bonds. The molecule has 4 fully saturated rings.